The predicted molar refractivity (Wildman–Crippen MR) is 73.3 cm³/mol. The van der Waals surface area contributed by atoms with Gasteiger partial charge in [0.25, 0.3) is 0 Å². The van der Waals surface area contributed by atoms with Crippen LogP contribution in [-0.2, 0) is 17.8 Å². The van der Waals surface area contributed by atoms with Crippen molar-refractivity contribution < 1.29 is 4.79 Å². The van der Waals surface area contributed by atoms with E-state index >= 15 is 0 Å². The molecule has 0 fully saturated rings. The first-order valence-electron chi connectivity index (χ1n) is 6.72. The highest BCUT2D eigenvalue weighted by molar-refractivity contribution is 5.78. The molecule has 1 unspecified atom stereocenters. The molecule has 2 rings (SSSR count). The zero-order valence-corrected chi connectivity index (χ0v) is 11.3. The number of hydrogen-bond acceptors (Lipinski definition) is 2. The molecule has 1 heterocycles. The second-order valence-electron chi connectivity index (χ2n) is 5.09. The average molecular weight is 246 g/mol. The van der Waals surface area contributed by atoms with Crippen molar-refractivity contribution in [1.29, 1.82) is 0 Å². The Balaban J connectivity index is 2.10. The van der Waals surface area contributed by atoms with Gasteiger partial charge in [-0.15, -0.1) is 0 Å². The number of amides is 1. The van der Waals surface area contributed by atoms with Crippen molar-refractivity contribution in [2.45, 2.75) is 26.3 Å². The highest BCUT2D eigenvalue weighted by atomic mass is 16.2. The Morgan fingerprint density at radius 1 is 1.39 bits per heavy atom. The molecule has 0 spiro atoms. The molecule has 0 saturated carbocycles. The van der Waals surface area contributed by atoms with Crippen LogP contribution in [-0.4, -0.2) is 30.9 Å². The van der Waals surface area contributed by atoms with E-state index in [1.165, 1.54) is 11.1 Å². The molecule has 98 valence electrons. The molecule has 0 aliphatic carbocycles. The van der Waals surface area contributed by atoms with E-state index in [4.69, 9.17) is 0 Å². The second-order valence-corrected chi connectivity index (χ2v) is 5.09. The summed E-state index contributed by atoms with van der Waals surface area (Å²) in [6, 6.07) is 8.47. The number of fused-ring (bicyclic) bond motifs is 1. The van der Waals surface area contributed by atoms with Crippen LogP contribution >= 0.6 is 0 Å². The van der Waals surface area contributed by atoms with Crippen molar-refractivity contribution in [2.75, 3.05) is 20.1 Å². The van der Waals surface area contributed by atoms with Crippen LogP contribution in [0.2, 0.25) is 0 Å². The molecule has 18 heavy (non-hydrogen) atoms. The summed E-state index contributed by atoms with van der Waals surface area (Å²) in [7, 11) is 1.89. The topological polar surface area (TPSA) is 32.3 Å². The average Bonchev–Trinajstić information content (AvgIpc) is 2.60. The highest BCUT2D eigenvalue weighted by Crippen LogP contribution is 2.19. The summed E-state index contributed by atoms with van der Waals surface area (Å²) in [6.45, 7) is 4.39. The van der Waals surface area contributed by atoms with Gasteiger partial charge in [0, 0.05) is 25.6 Å². The molecular weight excluding hydrogens is 224 g/mol. The molecule has 0 saturated heterocycles. The first kappa shape index (κ1) is 13.1. The zero-order chi connectivity index (χ0) is 13.0. The number of carbonyl (C=O) groups is 1. The summed E-state index contributed by atoms with van der Waals surface area (Å²) >= 11 is 0. The molecule has 1 aromatic rings. The number of nitrogens with zero attached hydrogens (tertiary/aromatic N) is 1. The van der Waals surface area contributed by atoms with E-state index < -0.39 is 0 Å². The monoisotopic (exact) mass is 246 g/mol. The van der Waals surface area contributed by atoms with Crippen LogP contribution in [0, 0.1) is 5.92 Å². The SMILES string of the molecule is CNCC(C)C(=O)N1CCCc2ccccc2C1. The number of nitrogens with one attached hydrogen (secondary N) is 1. The minimum Gasteiger partial charge on any atom is -0.338 e. The van der Waals surface area contributed by atoms with E-state index in [2.05, 4.69) is 29.6 Å². The van der Waals surface area contributed by atoms with Crippen molar-refractivity contribution >= 4 is 5.91 Å². The van der Waals surface area contributed by atoms with Gasteiger partial charge in [-0.25, -0.2) is 0 Å². The number of aryl methyl sites for hydroxylation is 1. The molecule has 3 nitrogen and oxygen atoms in total. The lowest BCUT2D eigenvalue weighted by atomic mass is 10.0. The largest absolute Gasteiger partial charge is 0.338 e. The maximum atomic E-state index is 12.3. The third kappa shape index (κ3) is 2.91. The normalized spacial score (nSPS) is 16.9. The maximum Gasteiger partial charge on any atom is 0.226 e. The van der Waals surface area contributed by atoms with Crippen molar-refractivity contribution in [3.8, 4) is 0 Å². The third-order valence-electron chi connectivity index (χ3n) is 3.60. The predicted octanol–water partition coefficient (Wildman–Crippen LogP) is 1.82. The standard InChI is InChI=1S/C15H22N2O/c1-12(10-16-2)15(18)17-9-5-8-13-6-3-4-7-14(13)11-17/h3-4,6-7,12,16H,5,8-11H2,1-2H3. The fourth-order valence-electron chi connectivity index (χ4n) is 2.59. The van der Waals surface area contributed by atoms with Crippen LogP contribution < -0.4 is 5.32 Å². The van der Waals surface area contributed by atoms with E-state index in [-0.39, 0.29) is 11.8 Å². The maximum absolute atomic E-state index is 12.3. The Morgan fingerprint density at radius 3 is 2.83 bits per heavy atom. The van der Waals surface area contributed by atoms with Gasteiger partial charge in [-0.05, 0) is 31.0 Å². The summed E-state index contributed by atoms with van der Waals surface area (Å²) in [4.78, 5) is 14.3. The van der Waals surface area contributed by atoms with Gasteiger partial charge in [0.05, 0.1) is 0 Å². The molecule has 1 aromatic carbocycles. The van der Waals surface area contributed by atoms with Gasteiger partial charge in [-0.1, -0.05) is 31.2 Å². The summed E-state index contributed by atoms with van der Waals surface area (Å²) in [6.07, 6.45) is 2.15. The van der Waals surface area contributed by atoms with E-state index in [0.29, 0.717) is 0 Å². The van der Waals surface area contributed by atoms with Crippen LogP contribution in [0.3, 0.4) is 0 Å². The molecule has 0 radical (unpaired) electrons. The lowest BCUT2D eigenvalue weighted by Gasteiger charge is -2.24. The Hall–Kier alpha value is -1.35. The van der Waals surface area contributed by atoms with Gasteiger partial charge < -0.3 is 10.2 Å². The van der Waals surface area contributed by atoms with Crippen LogP contribution in [0.1, 0.15) is 24.5 Å². The lowest BCUT2D eigenvalue weighted by Crippen LogP contribution is -2.38. The van der Waals surface area contributed by atoms with Crippen LogP contribution in [0.5, 0.6) is 0 Å². The molecule has 1 aliphatic heterocycles. The Morgan fingerprint density at radius 2 is 2.11 bits per heavy atom. The first-order valence-corrected chi connectivity index (χ1v) is 6.72. The molecule has 0 bridgehead atoms. The first-order chi connectivity index (χ1) is 8.72. The van der Waals surface area contributed by atoms with Gasteiger partial charge >= 0.3 is 0 Å². The molecule has 1 amide bonds. The summed E-state index contributed by atoms with van der Waals surface area (Å²) in [5.74, 6) is 0.321. The molecule has 1 aliphatic rings. The highest BCUT2D eigenvalue weighted by Gasteiger charge is 2.22. The number of rotatable bonds is 3. The molecule has 1 atom stereocenters. The molecular formula is C15H22N2O. The van der Waals surface area contributed by atoms with Crippen molar-refractivity contribution in [3.05, 3.63) is 35.4 Å². The lowest BCUT2D eigenvalue weighted by molar-refractivity contribution is -0.135. The summed E-state index contributed by atoms with van der Waals surface area (Å²) in [5.41, 5.74) is 2.70. The second kappa shape index (κ2) is 6.01. The van der Waals surface area contributed by atoms with Crippen LogP contribution in [0.25, 0.3) is 0 Å². The molecule has 3 heteroatoms. The zero-order valence-electron chi connectivity index (χ0n) is 11.3. The quantitative estimate of drug-likeness (QED) is 0.882. The fourth-order valence-corrected chi connectivity index (χ4v) is 2.59. The van der Waals surface area contributed by atoms with Gasteiger partial charge in [-0.3, -0.25) is 4.79 Å². The van der Waals surface area contributed by atoms with Crippen molar-refractivity contribution in [3.63, 3.8) is 0 Å². The van der Waals surface area contributed by atoms with Crippen LogP contribution in [0.4, 0.5) is 0 Å². The van der Waals surface area contributed by atoms with Crippen molar-refractivity contribution in [2.24, 2.45) is 5.92 Å². The van der Waals surface area contributed by atoms with Crippen molar-refractivity contribution in [1.82, 2.24) is 10.2 Å². The minimum atomic E-state index is 0.0558. The summed E-state index contributed by atoms with van der Waals surface area (Å²) in [5, 5.41) is 3.07. The number of benzene rings is 1. The Kier molecular flexibility index (Phi) is 4.37. The van der Waals surface area contributed by atoms with Gasteiger partial charge in [-0.2, -0.15) is 0 Å². The number of hydrogen-bond donors (Lipinski definition) is 1. The third-order valence-corrected chi connectivity index (χ3v) is 3.60. The van der Waals surface area contributed by atoms with Gasteiger partial charge in [0.15, 0.2) is 0 Å². The van der Waals surface area contributed by atoms with Crippen LogP contribution in [0.15, 0.2) is 24.3 Å². The smallest absolute Gasteiger partial charge is 0.226 e. The van der Waals surface area contributed by atoms with E-state index in [0.717, 1.165) is 32.5 Å². The van der Waals surface area contributed by atoms with E-state index in [1.807, 2.05) is 18.9 Å². The van der Waals surface area contributed by atoms with E-state index in [1.54, 1.807) is 0 Å². The molecule has 1 N–H and O–H groups in total. The fraction of sp³-hybridized carbons (Fsp3) is 0.533. The summed E-state index contributed by atoms with van der Waals surface area (Å²) < 4.78 is 0. The van der Waals surface area contributed by atoms with Gasteiger partial charge in [0.1, 0.15) is 0 Å². The number of carbonyl (C=O) groups excluding carboxylic acids is 1. The minimum absolute atomic E-state index is 0.0558. The Bertz CT molecular complexity index is 417. The van der Waals surface area contributed by atoms with E-state index in [9.17, 15) is 4.79 Å². The Labute approximate surface area is 109 Å². The molecule has 0 aromatic heterocycles. The van der Waals surface area contributed by atoms with Gasteiger partial charge in [0.2, 0.25) is 5.91 Å².